The van der Waals surface area contributed by atoms with Crippen molar-refractivity contribution >= 4 is 53.4 Å². The standard InChI is InChI=1S/C54H66N2O11S2/c1-4-46(57)62-28-6-8-30-64-51(59)39-20-12-35(13-21-39)34-10-18-38(19-11-34)44-27-26-42-32-45(49-50(48(42)66-44)69-54(68-49)43(33-55)56-3)67-53(61)41-24-16-37(17-25-41)36-14-22-40(23-15-36)52(60)65-31-9-7-29-63-47(58)5-2/h4-5,27,32,34-41H,1-2,6-26,28-31H2/b54-43+. The fraction of sp³-hybridized carbons (Fsp3) is 0.611. The van der Waals surface area contributed by atoms with Gasteiger partial charge in [0.2, 0.25) is 0 Å². The first-order valence-corrected chi connectivity index (χ1v) is 26.8. The molecule has 0 aromatic heterocycles. The number of esters is 5. The lowest BCUT2D eigenvalue weighted by Crippen LogP contribution is -2.31. The number of nitrogens with zero attached hydrogens (tertiary/aromatic N) is 2. The molecule has 1 aromatic rings. The molecule has 15 heteroatoms. The van der Waals surface area contributed by atoms with E-state index in [1.807, 2.05) is 12.1 Å². The van der Waals surface area contributed by atoms with E-state index in [1.54, 1.807) is 0 Å². The molecule has 4 fully saturated rings. The minimum absolute atomic E-state index is 0.00805. The molecule has 13 nitrogen and oxygen atoms in total. The summed E-state index contributed by atoms with van der Waals surface area (Å²) in [6.07, 6.45) is 22.6. The molecular formula is C54H66N2O11S2. The highest BCUT2D eigenvalue weighted by molar-refractivity contribution is 8.24. The van der Waals surface area contributed by atoms with Gasteiger partial charge in [-0.3, -0.25) is 14.4 Å². The fourth-order valence-corrected chi connectivity index (χ4v) is 13.7. The van der Waals surface area contributed by atoms with E-state index in [0.717, 1.165) is 137 Å². The molecule has 0 amide bonds. The number of carbonyl (C=O) groups is 5. The summed E-state index contributed by atoms with van der Waals surface area (Å²) in [7, 11) is 0. The second-order valence-electron chi connectivity index (χ2n) is 19.4. The van der Waals surface area contributed by atoms with Crippen molar-refractivity contribution in [3.63, 3.8) is 0 Å². The first-order chi connectivity index (χ1) is 33.6. The summed E-state index contributed by atoms with van der Waals surface area (Å²) in [5, 5.41) is 9.81. The molecule has 2 aliphatic heterocycles. The van der Waals surface area contributed by atoms with Crippen LogP contribution in [0.2, 0.25) is 0 Å². The Labute approximate surface area is 415 Å². The zero-order valence-corrected chi connectivity index (χ0v) is 41.4. The first-order valence-electron chi connectivity index (χ1n) is 25.2. The van der Waals surface area contributed by atoms with Gasteiger partial charge in [0.25, 0.3) is 5.70 Å². The van der Waals surface area contributed by atoms with E-state index >= 15 is 0 Å². The summed E-state index contributed by atoms with van der Waals surface area (Å²) < 4.78 is 34.7. The number of carbonyl (C=O) groups excluding carboxylic acids is 5. The number of allylic oxidation sites excluding steroid dienone is 3. The number of fused-ring (bicyclic) bond motifs is 3. The van der Waals surface area contributed by atoms with Gasteiger partial charge in [-0.1, -0.05) is 36.7 Å². The third kappa shape index (κ3) is 13.9. The summed E-state index contributed by atoms with van der Waals surface area (Å²) in [6.45, 7) is 15.7. The van der Waals surface area contributed by atoms with Crippen LogP contribution in [-0.4, -0.2) is 56.3 Å². The molecule has 1 aromatic carbocycles. The third-order valence-corrected chi connectivity index (χ3v) is 17.8. The minimum Gasteiger partial charge on any atom is -0.465 e. The molecule has 6 aliphatic rings. The number of thioether (sulfide) groups is 2. The van der Waals surface area contributed by atoms with Crippen LogP contribution < -0.4 is 9.47 Å². The number of hydrogen-bond acceptors (Lipinski definition) is 14. The number of rotatable bonds is 19. The van der Waals surface area contributed by atoms with Crippen molar-refractivity contribution in [3.05, 3.63) is 70.1 Å². The maximum absolute atomic E-state index is 13.9. The van der Waals surface area contributed by atoms with Crippen molar-refractivity contribution in [3.8, 4) is 17.6 Å². The van der Waals surface area contributed by atoms with Crippen molar-refractivity contribution in [2.45, 2.75) is 145 Å². The molecule has 4 aliphatic carbocycles. The highest BCUT2D eigenvalue weighted by atomic mass is 32.2. The Hall–Kier alpha value is -4.99. The molecule has 0 atom stereocenters. The third-order valence-electron chi connectivity index (χ3n) is 15.2. The highest BCUT2D eigenvalue weighted by Gasteiger charge is 2.39. The lowest BCUT2D eigenvalue weighted by atomic mass is 9.69. The first kappa shape index (κ1) is 51.8. The van der Waals surface area contributed by atoms with Crippen LogP contribution in [0.25, 0.3) is 4.85 Å². The molecule has 0 radical (unpaired) electrons. The monoisotopic (exact) mass is 982 g/mol. The van der Waals surface area contributed by atoms with Crippen molar-refractivity contribution in [1.29, 1.82) is 5.26 Å². The second kappa shape index (κ2) is 25.7. The van der Waals surface area contributed by atoms with E-state index in [9.17, 15) is 29.2 Å². The van der Waals surface area contributed by atoms with Crippen LogP contribution in [0, 0.1) is 65.2 Å². The Bertz CT molecular complexity index is 2190. The molecule has 0 N–H and O–H groups in total. The van der Waals surface area contributed by atoms with Gasteiger partial charge in [0.15, 0.2) is 0 Å². The zero-order valence-electron chi connectivity index (χ0n) is 39.7. The van der Waals surface area contributed by atoms with E-state index < -0.39 is 11.9 Å². The predicted molar refractivity (Wildman–Crippen MR) is 260 cm³/mol. The van der Waals surface area contributed by atoms with Crippen LogP contribution >= 0.6 is 23.5 Å². The van der Waals surface area contributed by atoms with Gasteiger partial charge in [-0.2, -0.15) is 0 Å². The van der Waals surface area contributed by atoms with Crippen molar-refractivity contribution in [2.24, 2.45) is 47.3 Å². The lowest BCUT2D eigenvalue weighted by Gasteiger charge is -2.38. The van der Waals surface area contributed by atoms with Crippen LogP contribution in [0.15, 0.2) is 62.9 Å². The van der Waals surface area contributed by atoms with Crippen LogP contribution in [-0.2, 0) is 49.3 Å². The van der Waals surface area contributed by atoms with Crippen LogP contribution in [0.1, 0.15) is 134 Å². The summed E-state index contributed by atoms with van der Waals surface area (Å²) in [4.78, 5) is 66.8. The van der Waals surface area contributed by atoms with Gasteiger partial charge in [0, 0.05) is 23.6 Å². The Morgan fingerprint density at radius 1 is 0.652 bits per heavy atom. The Morgan fingerprint density at radius 2 is 1.09 bits per heavy atom. The number of ether oxygens (including phenoxy) is 6. The van der Waals surface area contributed by atoms with Crippen molar-refractivity contribution < 1.29 is 52.4 Å². The fourth-order valence-electron chi connectivity index (χ4n) is 11.2. The number of hydrogen-bond donors (Lipinski definition) is 0. The van der Waals surface area contributed by atoms with Crippen LogP contribution in [0.5, 0.6) is 11.5 Å². The minimum atomic E-state index is -0.452. The zero-order chi connectivity index (χ0) is 48.7. The molecule has 0 bridgehead atoms. The van der Waals surface area contributed by atoms with Crippen LogP contribution in [0.4, 0.5) is 0 Å². The maximum Gasteiger partial charge on any atom is 0.330 e. The average Bonchev–Trinajstić information content (AvgIpc) is 3.84. The van der Waals surface area contributed by atoms with E-state index in [0.29, 0.717) is 90.5 Å². The summed E-state index contributed by atoms with van der Waals surface area (Å²) >= 11 is 2.66. The molecule has 7 rings (SSSR count). The molecule has 0 unspecified atom stereocenters. The van der Waals surface area contributed by atoms with Crippen molar-refractivity contribution in [2.75, 3.05) is 26.4 Å². The Morgan fingerprint density at radius 3 is 1.54 bits per heavy atom. The average molecular weight is 983 g/mol. The molecule has 2 heterocycles. The Balaban J connectivity index is 0.865. The SMILES string of the molecule is [C-]#[N+]/C(C#N)=C1\Sc2c(OC(=O)C3CCC(C4CCC(C(=O)OCCCCOC(=O)C=C)CC4)CC3)cc3c(c2S1)OC(C1CCC(C2CCC(C(=O)OCCCCOC(=O)C=C)CC2)CC1)=CC3. The molecule has 4 saturated carbocycles. The number of unbranched alkanes of at least 4 members (excludes halogenated alkanes) is 2. The van der Waals surface area contributed by atoms with Gasteiger partial charge in [-0.05, 0) is 171 Å². The van der Waals surface area contributed by atoms with E-state index in [4.69, 9.17) is 35.0 Å². The van der Waals surface area contributed by atoms with Gasteiger partial charge >= 0.3 is 29.8 Å². The topological polar surface area (TPSA) is 169 Å². The maximum atomic E-state index is 13.9. The summed E-state index contributed by atoms with van der Waals surface area (Å²) in [6, 6.07) is 3.96. The molecule has 370 valence electrons. The smallest absolute Gasteiger partial charge is 0.330 e. The van der Waals surface area contributed by atoms with E-state index in [1.165, 1.54) is 23.5 Å². The van der Waals surface area contributed by atoms with Gasteiger partial charge in [0.05, 0.1) is 70.9 Å². The van der Waals surface area contributed by atoms with Crippen LogP contribution in [0.3, 0.4) is 0 Å². The normalized spacial score (nSPS) is 27.0. The van der Waals surface area contributed by atoms with E-state index in [2.05, 4.69) is 24.1 Å². The van der Waals surface area contributed by atoms with Gasteiger partial charge in [0.1, 0.15) is 17.3 Å². The van der Waals surface area contributed by atoms with Gasteiger partial charge in [-0.15, -0.1) is 0 Å². The van der Waals surface area contributed by atoms with Gasteiger partial charge in [-0.25, -0.2) is 19.7 Å². The highest BCUT2D eigenvalue weighted by Crippen LogP contribution is 2.61. The van der Waals surface area contributed by atoms with E-state index in [-0.39, 0.29) is 53.9 Å². The van der Waals surface area contributed by atoms with Crippen molar-refractivity contribution in [1.82, 2.24) is 0 Å². The predicted octanol–water partition coefficient (Wildman–Crippen LogP) is 11.6. The second-order valence-corrected chi connectivity index (χ2v) is 21.7. The number of nitriles is 1. The number of benzene rings is 1. The molecular weight excluding hydrogens is 917 g/mol. The molecule has 0 saturated heterocycles. The van der Waals surface area contributed by atoms with Gasteiger partial charge < -0.3 is 28.4 Å². The molecule has 69 heavy (non-hydrogen) atoms. The lowest BCUT2D eigenvalue weighted by molar-refractivity contribution is -0.151. The quantitative estimate of drug-likeness (QED) is 0.0244. The largest absolute Gasteiger partial charge is 0.465 e. The molecule has 0 spiro atoms. The summed E-state index contributed by atoms with van der Waals surface area (Å²) in [5.41, 5.74) is 0.928. The Kier molecular flexibility index (Phi) is 19.3. The summed E-state index contributed by atoms with van der Waals surface area (Å²) in [5.74, 6) is 2.94.